The van der Waals surface area contributed by atoms with Crippen LogP contribution in [0.1, 0.15) is 32.1 Å². The molecular formula is C9H14FNO. The highest BCUT2D eigenvalue weighted by Crippen LogP contribution is 2.42. The first-order valence-corrected chi connectivity index (χ1v) is 4.61. The van der Waals surface area contributed by atoms with Crippen LogP contribution in [0.2, 0.25) is 0 Å². The van der Waals surface area contributed by atoms with Gasteiger partial charge in [0, 0.05) is 13.0 Å². The molecule has 1 amide bonds. The van der Waals surface area contributed by atoms with Crippen molar-refractivity contribution >= 4 is 5.91 Å². The summed E-state index contributed by atoms with van der Waals surface area (Å²) in [7, 11) is 0. The molecule has 2 fully saturated rings. The largest absolute Gasteiger partial charge is 0.356 e. The zero-order valence-corrected chi connectivity index (χ0v) is 7.11. The molecule has 1 heterocycles. The first-order chi connectivity index (χ1) is 5.70. The van der Waals surface area contributed by atoms with E-state index in [0.717, 1.165) is 12.8 Å². The van der Waals surface area contributed by atoms with Gasteiger partial charge in [-0.2, -0.15) is 0 Å². The van der Waals surface area contributed by atoms with Crippen molar-refractivity contribution in [2.75, 3.05) is 6.54 Å². The summed E-state index contributed by atoms with van der Waals surface area (Å²) in [5.74, 6) is 0.101. The van der Waals surface area contributed by atoms with Crippen molar-refractivity contribution in [2.45, 2.75) is 38.3 Å². The molecule has 1 aliphatic carbocycles. The molecule has 0 aromatic rings. The maximum absolute atomic E-state index is 13.1. The van der Waals surface area contributed by atoms with Crippen molar-refractivity contribution in [3.8, 4) is 0 Å². The fourth-order valence-corrected chi connectivity index (χ4v) is 2.45. The Bertz CT molecular complexity index is 207. The Morgan fingerprint density at radius 1 is 1.58 bits per heavy atom. The predicted octanol–water partition coefficient (Wildman–Crippen LogP) is 1.40. The zero-order chi connectivity index (χ0) is 8.60. The molecule has 0 radical (unpaired) electrons. The second-order valence-electron chi connectivity index (χ2n) is 4.15. The third-order valence-corrected chi connectivity index (χ3v) is 3.08. The Morgan fingerprint density at radius 3 is 3.00 bits per heavy atom. The van der Waals surface area contributed by atoms with E-state index in [-0.39, 0.29) is 11.3 Å². The topological polar surface area (TPSA) is 29.1 Å². The highest BCUT2D eigenvalue weighted by atomic mass is 19.1. The van der Waals surface area contributed by atoms with Gasteiger partial charge in [-0.05, 0) is 31.1 Å². The van der Waals surface area contributed by atoms with Gasteiger partial charge in [-0.1, -0.05) is 0 Å². The summed E-state index contributed by atoms with van der Waals surface area (Å²) in [4.78, 5) is 11.0. The molecule has 1 saturated carbocycles. The van der Waals surface area contributed by atoms with E-state index in [4.69, 9.17) is 0 Å². The van der Waals surface area contributed by atoms with Crippen LogP contribution in [0.15, 0.2) is 0 Å². The average Bonchev–Trinajstić information content (AvgIpc) is 2.32. The quantitative estimate of drug-likeness (QED) is 0.586. The van der Waals surface area contributed by atoms with Crippen LogP contribution in [0.3, 0.4) is 0 Å². The average molecular weight is 171 g/mol. The summed E-state index contributed by atoms with van der Waals surface area (Å²) in [6, 6.07) is 0. The van der Waals surface area contributed by atoms with E-state index in [1.807, 2.05) is 0 Å². The number of alkyl halides is 1. The molecule has 2 atom stereocenters. The van der Waals surface area contributed by atoms with Crippen molar-refractivity contribution in [1.29, 1.82) is 0 Å². The van der Waals surface area contributed by atoms with Crippen LogP contribution in [0.4, 0.5) is 4.39 Å². The van der Waals surface area contributed by atoms with Crippen LogP contribution in [0, 0.1) is 5.41 Å². The molecule has 3 heteroatoms. The van der Waals surface area contributed by atoms with Gasteiger partial charge in [-0.15, -0.1) is 0 Å². The lowest BCUT2D eigenvalue weighted by Gasteiger charge is -2.33. The van der Waals surface area contributed by atoms with Crippen molar-refractivity contribution in [2.24, 2.45) is 5.41 Å². The number of hydrogen-bond acceptors (Lipinski definition) is 1. The van der Waals surface area contributed by atoms with E-state index < -0.39 is 6.17 Å². The van der Waals surface area contributed by atoms with Crippen LogP contribution in [0.25, 0.3) is 0 Å². The van der Waals surface area contributed by atoms with Gasteiger partial charge in [-0.3, -0.25) is 4.79 Å². The monoisotopic (exact) mass is 171 g/mol. The number of amides is 1. The van der Waals surface area contributed by atoms with Crippen LogP contribution >= 0.6 is 0 Å². The first kappa shape index (κ1) is 8.02. The fourth-order valence-electron chi connectivity index (χ4n) is 2.45. The lowest BCUT2D eigenvalue weighted by atomic mass is 9.73. The molecule has 12 heavy (non-hydrogen) atoms. The minimum absolute atomic E-state index is 0.0191. The summed E-state index contributed by atoms with van der Waals surface area (Å²) in [6.45, 7) is 0.701. The minimum Gasteiger partial charge on any atom is -0.356 e. The SMILES string of the molecule is O=C1CC2(CCCC(F)C2)CN1. The Labute approximate surface area is 71.5 Å². The second-order valence-corrected chi connectivity index (χ2v) is 4.15. The molecule has 0 aromatic heterocycles. The molecule has 1 aliphatic heterocycles. The molecule has 2 nitrogen and oxygen atoms in total. The summed E-state index contributed by atoms with van der Waals surface area (Å²) in [5.41, 5.74) is -0.0191. The standard InChI is InChI=1S/C9H14FNO/c10-7-2-1-3-9(4-7)5-8(12)11-6-9/h7H,1-6H2,(H,11,12). The van der Waals surface area contributed by atoms with Gasteiger partial charge in [0.25, 0.3) is 0 Å². The van der Waals surface area contributed by atoms with Gasteiger partial charge in [0.1, 0.15) is 6.17 Å². The number of rotatable bonds is 0. The number of halogens is 1. The van der Waals surface area contributed by atoms with Gasteiger partial charge in [-0.25, -0.2) is 4.39 Å². The third kappa shape index (κ3) is 1.32. The number of hydrogen-bond donors (Lipinski definition) is 1. The van der Waals surface area contributed by atoms with Crippen LogP contribution in [0.5, 0.6) is 0 Å². The van der Waals surface area contributed by atoms with Gasteiger partial charge < -0.3 is 5.32 Å². The molecule has 0 aromatic carbocycles. The molecule has 2 unspecified atom stereocenters. The van der Waals surface area contributed by atoms with E-state index in [1.165, 1.54) is 0 Å². The Hall–Kier alpha value is -0.600. The molecule has 0 bridgehead atoms. The third-order valence-electron chi connectivity index (χ3n) is 3.08. The normalized spacial score (nSPS) is 41.8. The van der Waals surface area contributed by atoms with Crippen LogP contribution in [-0.2, 0) is 4.79 Å². The summed E-state index contributed by atoms with van der Waals surface area (Å²) < 4.78 is 13.1. The van der Waals surface area contributed by atoms with Crippen molar-refractivity contribution in [3.05, 3.63) is 0 Å². The maximum Gasteiger partial charge on any atom is 0.220 e. The molecule has 1 N–H and O–H groups in total. The molecular weight excluding hydrogens is 157 g/mol. The van der Waals surface area contributed by atoms with Crippen molar-refractivity contribution < 1.29 is 9.18 Å². The number of carbonyl (C=O) groups excluding carboxylic acids is 1. The van der Waals surface area contributed by atoms with Gasteiger partial charge in [0.2, 0.25) is 5.91 Å². The first-order valence-electron chi connectivity index (χ1n) is 4.61. The van der Waals surface area contributed by atoms with Gasteiger partial charge in [0.05, 0.1) is 0 Å². The highest BCUT2D eigenvalue weighted by Gasteiger charge is 2.42. The highest BCUT2D eigenvalue weighted by molar-refractivity contribution is 5.79. The smallest absolute Gasteiger partial charge is 0.220 e. The van der Waals surface area contributed by atoms with E-state index in [0.29, 0.717) is 25.8 Å². The molecule has 1 saturated heterocycles. The van der Waals surface area contributed by atoms with E-state index in [1.54, 1.807) is 0 Å². The van der Waals surface area contributed by atoms with E-state index in [2.05, 4.69) is 5.32 Å². The van der Waals surface area contributed by atoms with Crippen LogP contribution < -0.4 is 5.32 Å². The maximum atomic E-state index is 13.1. The Morgan fingerprint density at radius 2 is 2.42 bits per heavy atom. The minimum atomic E-state index is -0.675. The summed E-state index contributed by atoms with van der Waals surface area (Å²) in [6.07, 6.45) is 3.11. The molecule has 2 rings (SSSR count). The van der Waals surface area contributed by atoms with Crippen LogP contribution in [-0.4, -0.2) is 18.6 Å². The van der Waals surface area contributed by atoms with Gasteiger partial charge in [0.15, 0.2) is 0 Å². The molecule has 2 aliphatic rings. The molecule has 1 spiro atoms. The van der Waals surface area contributed by atoms with Crippen molar-refractivity contribution in [1.82, 2.24) is 5.32 Å². The van der Waals surface area contributed by atoms with Gasteiger partial charge >= 0.3 is 0 Å². The number of nitrogens with one attached hydrogen (secondary N) is 1. The predicted molar refractivity (Wildman–Crippen MR) is 43.4 cm³/mol. The Balaban J connectivity index is 2.05. The number of carbonyl (C=O) groups is 1. The fraction of sp³-hybridized carbons (Fsp3) is 0.889. The zero-order valence-electron chi connectivity index (χ0n) is 7.11. The lowest BCUT2D eigenvalue weighted by molar-refractivity contribution is -0.119. The second kappa shape index (κ2) is 2.71. The molecule has 68 valence electrons. The summed E-state index contributed by atoms with van der Waals surface area (Å²) >= 11 is 0. The lowest BCUT2D eigenvalue weighted by Crippen LogP contribution is -2.31. The van der Waals surface area contributed by atoms with E-state index >= 15 is 0 Å². The van der Waals surface area contributed by atoms with Crippen molar-refractivity contribution in [3.63, 3.8) is 0 Å². The van der Waals surface area contributed by atoms with E-state index in [9.17, 15) is 9.18 Å². The Kier molecular flexibility index (Phi) is 1.81. The summed E-state index contributed by atoms with van der Waals surface area (Å²) in [5, 5.41) is 2.80.